The lowest BCUT2D eigenvalue weighted by Gasteiger charge is -2.34. The molecule has 3 heterocycles. The molecule has 1 amide bonds. The zero-order valence-corrected chi connectivity index (χ0v) is 20.1. The van der Waals surface area contributed by atoms with E-state index in [-0.39, 0.29) is 23.9 Å². The molecule has 1 aliphatic heterocycles. The normalized spacial score (nSPS) is 14.4. The highest BCUT2D eigenvalue weighted by Gasteiger charge is 2.22. The molecule has 0 N–H and O–H groups in total. The van der Waals surface area contributed by atoms with Crippen LogP contribution in [-0.2, 0) is 11.3 Å². The number of hydrogen-bond donors (Lipinski definition) is 0. The van der Waals surface area contributed by atoms with E-state index in [1.807, 2.05) is 18.2 Å². The summed E-state index contributed by atoms with van der Waals surface area (Å²) in [6, 6.07) is 14.4. The number of amides is 1. The van der Waals surface area contributed by atoms with Crippen molar-refractivity contribution in [2.24, 2.45) is 0 Å². The van der Waals surface area contributed by atoms with Crippen LogP contribution in [0.4, 0.5) is 4.39 Å². The number of hydrogen-bond acceptors (Lipinski definition) is 7. The second-order valence-electron chi connectivity index (χ2n) is 8.07. The summed E-state index contributed by atoms with van der Waals surface area (Å²) in [5.74, 6) is -0.0251. The molecule has 0 unspecified atom stereocenters. The Kier molecular flexibility index (Phi) is 6.76. The summed E-state index contributed by atoms with van der Waals surface area (Å²) in [6.07, 6.45) is 0. The number of carbonyl (C=O) groups is 1. The third kappa shape index (κ3) is 5.34. The lowest BCUT2D eigenvalue weighted by molar-refractivity contribution is -0.135. The fourth-order valence-corrected chi connectivity index (χ4v) is 5.08. The van der Waals surface area contributed by atoms with Crippen LogP contribution in [-0.4, -0.2) is 63.1 Å². The summed E-state index contributed by atoms with van der Waals surface area (Å²) in [5, 5.41) is 5.59. The molecule has 0 atom stereocenters. The lowest BCUT2D eigenvalue weighted by Crippen LogP contribution is -2.49. The molecule has 5 rings (SSSR count). The number of ether oxygens (including phenoxy) is 1. The van der Waals surface area contributed by atoms with Crippen molar-refractivity contribution in [2.75, 3.05) is 32.8 Å². The van der Waals surface area contributed by atoms with Gasteiger partial charge in [0.05, 0.1) is 10.7 Å². The standard InChI is InChI=1S/C24H21ClFN5O3S/c25-20-4-2-1-3-19(20)23-28-31-21(32)13-17(27-24(31)35-23)14-29-9-11-30(12-10-29)22(33)15-34-18-7-5-16(26)6-8-18/h1-8,13H,9-12,14-15H2. The van der Waals surface area contributed by atoms with Crippen molar-refractivity contribution in [2.45, 2.75) is 6.54 Å². The molecule has 180 valence electrons. The molecule has 4 aromatic rings. The van der Waals surface area contributed by atoms with Crippen LogP contribution >= 0.6 is 22.9 Å². The van der Waals surface area contributed by atoms with Gasteiger partial charge in [0.1, 0.15) is 16.6 Å². The first kappa shape index (κ1) is 23.4. The number of halogens is 2. The first-order valence-electron chi connectivity index (χ1n) is 11.0. The van der Waals surface area contributed by atoms with Crippen LogP contribution in [0.25, 0.3) is 15.5 Å². The molecule has 1 saturated heterocycles. The predicted molar refractivity (Wildman–Crippen MR) is 131 cm³/mol. The van der Waals surface area contributed by atoms with Gasteiger partial charge in [-0.15, -0.1) is 0 Å². The Morgan fingerprint density at radius 1 is 1.09 bits per heavy atom. The molecule has 0 saturated carbocycles. The second kappa shape index (κ2) is 10.1. The first-order valence-corrected chi connectivity index (χ1v) is 12.2. The van der Waals surface area contributed by atoms with Gasteiger partial charge in [-0.25, -0.2) is 9.37 Å². The van der Waals surface area contributed by atoms with E-state index in [4.69, 9.17) is 16.3 Å². The van der Waals surface area contributed by atoms with Gasteiger partial charge in [0, 0.05) is 44.4 Å². The molecule has 1 fully saturated rings. The number of nitrogens with zero attached hydrogens (tertiary/aromatic N) is 5. The van der Waals surface area contributed by atoms with Crippen LogP contribution in [0.5, 0.6) is 5.75 Å². The van der Waals surface area contributed by atoms with Gasteiger partial charge in [0.25, 0.3) is 11.5 Å². The minimum atomic E-state index is -0.354. The van der Waals surface area contributed by atoms with Gasteiger partial charge in [0.15, 0.2) is 6.61 Å². The highest BCUT2D eigenvalue weighted by molar-refractivity contribution is 7.19. The van der Waals surface area contributed by atoms with Crippen LogP contribution < -0.4 is 10.3 Å². The Morgan fingerprint density at radius 2 is 1.83 bits per heavy atom. The van der Waals surface area contributed by atoms with Gasteiger partial charge in [-0.1, -0.05) is 41.1 Å². The van der Waals surface area contributed by atoms with Gasteiger partial charge < -0.3 is 9.64 Å². The number of benzene rings is 2. The van der Waals surface area contributed by atoms with Crippen LogP contribution in [0, 0.1) is 5.82 Å². The molecule has 11 heteroatoms. The SMILES string of the molecule is O=C(COc1ccc(F)cc1)N1CCN(Cc2cc(=O)n3nc(-c4ccccc4Cl)sc3n2)CC1. The van der Waals surface area contributed by atoms with E-state index in [1.54, 1.807) is 11.0 Å². The van der Waals surface area contributed by atoms with Gasteiger partial charge in [-0.3, -0.25) is 14.5 Å². The zero-order chi connectivity index (χ0) is 24.4. The second-order valence-corrected chi connectivity index (χ2v) is 9.43. The smallest absolute Gasteiger partial charge is 0.275 e. The molecule has 2 aromatic carbocycles. The van der Waals surface area contributed by atoms with E-state index in [1.165, 1.54) is 46.2 Å². The molecule has 35 heavy (non-hydrogen) atoms. The van der Waals surface area contributed by atoms with Gasteiger partial charge in [-0.05, 0) is 30.3 Å². The molecular formula is C24H21ClFN5O3S. The highest BCUT2D eigenvalue weighted by Crippen LogP contribution is 2.30. The number of carbonyl (C=O) groups excluding carboxylic acids is 1. The van der Waals surface area contributed by atoms with Crippen molar-refractivity contribution in [3.8, 4) is 16.3 Å². The van der Waals surface area contributed by atoms with Crippen molar-refractivity contribution < 1.29 is 13.9 Å². The third-order valence-electron chi connectivity index (χ3n) is 5.69. The Balaban J connectivity index is 1.19. The first-order chi connectivity index (χ1) is 17.0. The topological polar surface area (TPSA) is 80.0 Å². The fourth-order valence-electron chi connectivity index (χ4n) is 3.83. The highest BCUT2D eigenvalue weighted by atomic mass is 35.5. The summed E-state index contributed by atoms with van der Waals surface area (Å²) >= 11 is 7.59. The van der Waals surface area contributed by atoms with E-state index in [2.05, 4.69) is 15.0 Å². The molecule has 0 bridgehead atoms. The van der Waals surface area contributed by atoms with Crippen LogP contribution in [0.2, 0.25) is 5.02 Å². The fraction of sp³-hybridized carbons (Fsp3) is 0.250. The van der Waals surface area contributed by atoms with Crippen molar-refractivity contribution in [3.63, 3.8) is 0 Å². The monoisotopic (exact) mass is 513 g/mol. The molecule has 0 aliphatic carbocycles. The Bertz CT molecular complexity index is 1420. The minimum Gasteiger partial charge on any atom is -0.484 e. The molecular weight excluding hydrogens is 493 g/mol. The van der Waals surface area contributed by atoms with Gasteiger partial charge >= 0.3 is 0 Å². The van der Waals surface area contributed by atoms with E-state index in [0.717, 1.165) is 5.56 Å². The van der Waals surface area contributed by atoms with E-state index >= 15 is 0 Å². The molecule has 0 radical (unpaired) electrons. The summed E-state index contributed by atoms with van der Waals surface area (Å²) < 4.78 is 19.7. The Hall–Kier alpha value is -3.34. The summed E-state index contributed by atoms with van der Waals surface area (Å²) in [7, 11) is 0. The maximum Gasteiger partial charge on any atom is 0.275 e. The third-order valence-corrected chi connectivity index (χ3v) is 6.96. The van der Waals surface area contributed by atoms with Gasteiger partial charge in [0.2, 0.25) is 4.96 Å². The average molecular weight is 514 g/mol. The number of piperazine rings is 1. The average Bonchev–Trinajstić information content (AvgIpc) is 3.29. The van der Waals surface area contributed by atoms with E-state index < -0.39 is 0 Å². The van der Waals surface area contributed by atoms with Crippen molar-refractivity contribution in [1.82, 2.24) is 24.4 Å². The predicted octanol–water partition coefficient (Wildman–Crippen LogP) is 3.33. The molecule has 0 spiro atoms. The van der Waals surface area contributed by atoms with Crippen LogP contribution in [0.3, 0.4) is 0 Å². The molecule has 1 aliphatic rings. The van der Waals surface area contributed by atoms with Crippen molar-refractivity contribution >= 4 is 33.8 Å². The molecule has 2 aromatic heterocycles. The largest absolute Gasteiger partial charge is 0.484 e. The Morgan fingerprint density at radius 3 is 2.57 bits per heavy atom. The summed E-state index contributed by atoms with van der Waals surface area (Å²) in [5.41, 5.74) is 1.17. The quantitative estimate of drug-likeness (QED) is 0.393. The number of aromatic nitrogens is 3. The molecule has 8 nitrogen and oxygen atoms in total. The van der Waals surface area contributed by atoms with Crippen LogP contribution in [0.1, 0.15) is 5.69 Å². The number of fused-ring (bicyclic) bond motifs is 1. The van der Waals surface area contributed by atoms with E-state index in [9.17, 15) is 14.0 Å². The van der Waals surface area contributed by atoms with Crippen molar-refractivity contribution in [3.05, 3.63) is 81.5 Å². The zero-order valence-electron chi connectivity index (χ0n) is 18.6. The maximum absolute atomic E-state index is 13.0. The Labute approximate surface area is 209 Å². The minimum absolute atomic E-state index is 0.0975. The van der Waals surface area contributed by atoms with E-state index in [0.29, 0.717) is 59.2 Å². The number of rotatable bonds is 6. The van der Waals surface area contributed by atoms with Gasteiger partial charge in [-0.2, -0.15) is 9.61 Å². The lowest BCUT2D eigenvalue weighted by atomic mass is 10.2. The van der Waals surface area contributed by atoms with Crippen LogP contribution in [0.15, 0.2) is 59.4 Å². The van der Waals surface area contributed by atoms with Crippen molar-refractivity contribution in [1.29, 1.82) is 0 Å². The maximum atomic E-state index is 13.0. The summed E-state index contributed by atoms with van der Waals surface area (Å²) in [6.45, 7) is 2.79. The summed E-state index contributed by atoms with van der Waals surface area (Å²) in [4.78, 5) is 34.2.